The van der Waals surface area contributed by atoms with E-state index in [0.29, 0.717) is 22.4 Å². The van der Waals surface area contributed by atoms with Gasteiger partial charge in [0.1, 0.15) is 17.1 Å². The van der Waals surface area contributed by atoms with E-state index in [9.17, 15) is 14.7 Å². The van der Waals surface area contributed by atoms with Crippen molar-refractivity contribution < 1.29 is 24.2 Å². The van der Waals surface area contributed by atoms with Crippen LogP contribution < -0.4 is 4.74 Å². The molecule has 0 saturated heterocycles. The molecule has 7 nitrogen and oxygen atoms in total. The predicted octanol–water partition coefficient (Wildman–Crippen LogP) is 3.87. The number of methoxy groups -OCH3 is 1. The number of ether oxygens (including phenoxy) is 2. The number of hydrogen-bond acceptors (Lipinski definition) is 5. The Morgan fingerprint density at radius 3 is 2.23 bits per heavy atom. The van der Waals surface area contributed by atoms with Gasteiger partial charge in [-0.15, -0.1) is 0 Å². The lowest BCUT2D eigenvalue weighted by molar-refractivity contribution is -0.142. The van der Waals surface area contributed by atoms with Gasteiger partial charge in [0.15, 0.2) is 5.84 Å². The Morgan fingerprint density at radius 1 is 1.03 bits per heavy atom. The van der Waals surface area contributed by atoms with Gasteiger partial charge in [-0.3, -0.25) is 4.79 Å². The lowest BCUT2D eigenvalue weighted by Crippen LogP contribution is -2.21. The molecule has 0 atom stereocenters. The maximum absolute atomic E-state index is 12.6. The highest BCUT2D eigenvalue weighted by atomic mass is 16.5. The molecule has 0 spiro atoms. The van der Waals surface area contributed by atoms with Gasteiger partial charge in [0.25, 0.3) is 5.91 Å². The number of amides is 1. The van der Waals surface area contributed by atoms with E-state index in [2.05, 4.69) is 9.98 Å². The summed E-state index contributed by atoms with van der Waals surface area (Å²) in [7, 11) is 1.54. The number of carbonyl (C=O) groups is 2. The highest BCUT2D eigenvalue weighted by molar-refractivity contribution is 6.36. The summed E-state index contributed by atoms with van der Waals surface area (Å²) in [6.07, 6.45) is -0.367. The smallest absolute Gasteiger partial charge is 0.344 e. The van der Waals surface area contributed by atoms with Crippen molar-refractivity contribution in [2.45, 2.75) is 26.9 Å². The van der Waals surface area contributed by atoms with Crippen molar-refractivity contribution in [3.05, 3.63) is 76.6 Å². The average Bonchev–Trinajstić information content (AvgIpc) is 3.05. The number of benzene rings is 2. The van der Waals surface area contributed by atoms with Crippen LogP contribution in [-0.2, 0) is 9.53 Å². The van der Waals surface area contributed by atoms with Gasteiger partial charge in [0, 0.05) is 16.7 Å². The first-order valence-corrected chi connectivity index (χ1v) is 9.38. The molecule has 0 bridgehead atoms. The van der Waals surface area contributed by atoms with Gasteiger partial charge in [-0.1, -0.05) is 24.3 Å². The molecule has 0 radical (unpaired) electrons. The van der Waals surface area contributed by atoms with Crippen molar-refractivity contribution in [1.82, 2.24) is 0 Å². The van der Waals surface area contributed by atoms with E-state index < -0.39 is 11.9 Å². The molecule has 1 amide bonds. The molecule has 2 aromatic carbocycles. The number of aliphatic hydroxyl groups excluding tert-OH is 1. The Kier molecular flexibility index (Phi) is 6.11. The van der Waals surface area contributed by atoms with E-state index in [4.69, 9.17) is 9.47 Å². The number of nitrogens with zero attached hydrogens (tertiary/aromatic N) is 2. The van der Waals surface area contributed by atoms with Crippen molar-refractivity contribution in [1.29, 1.82) is 0 Å². The molecule has 7 heteroatoms. The van der Waals surface area contributed by atoms with Crippen molar-refractivity contribution >= 4 is 23.4 Å². The van der Waals surface area contributed by atoms with Gasteiger partial charge in [-0.25, -0.2) is 9.79 Å². The predicted molar refractivity (Wildman–Crippen MR) is 113 cm³/mol. The van der Waals surface area contributed by atoms with Crippen molar-refractivity contribution in [2.75, 3.05) is 7.11 Å². The van der Waals surface area contributed by atoms with Crippen molar-refractivity contribution in [3.63, 3.8) is 0 Å². The number of aliphatic imine (C=N–C) groups is 2. The van der Waals surface area contributed by atoms with Gasteiger partial charge in [0.2, 0.25) is 0 Å². The number of aliphatic hydroxyl groups is 1. The third-order valence-corrected chi connectivity index (χ3v) is 4.33. The number of rotatable bonds is 5. The van der Waals surface area contributed by atoms with Crippen molar-refractivity contribution in [2.24, 2.45) is 9.98 Å². The van der Waals surface area contributed by atoms with Crippen LogP contribution in [0.3, 0.4) is 0 Å². The normalized spacial score (nSPS) is 14.8. The fourth-order valence-corrected chi connectivity index (χ4v) is 2.97. The van der Waals surface area contributed by atoms with Crippen LogP contribution in [0.1, 0.15) is 42.3 Å². The molecule has 0 aromatic heterocycles. The van der Waals surface area contributed by atoms with Crippen molar-refractivity contribution in [3.8, 4) is 5.75 Å². The maximum Gasteiger partial charge on any atom is 0.344 e. The Hall–Kier alpha value is -3.74. The molecule has 154 valence electrons. The summed E-state index contributed by atoms with van der Waals surface area (Å²) >= 11 is 0. The van der Waals surface area contributed by atoms with Crippen LogP contribution >= 0.6 is 0 Å². The first kappa shape index (κ1) is 21.0. The number of carbonyl (C=O) groups excluding carboxylic acids is 2. The Labute approximate surface area is 174 Å². The van der Waals surface area contributed by atoms with Gasteiger partial charge in [0.05, 0.1) is 18.9 Å². The van der Waals surface area contributed by atoms with E-state index in [0.717, 1.165) is 0 Å². The fourth-order valence-electron chi connectivity index (χ4n) is 2.97. The van der Waals surface area contributed by atoms with E-state index in [1.54, 1.807) is 69.5 Å². The standard InChI is InChI=1S/C23H22N2O5/c1-13(2)30-23(28)19(14(3)26)20-17-7-5-6-8-18(17)21(24-20)25-22(27)15-9-11-16(29-4)12-10-15/h5-13,26H,1-4H3/b19-14+,25-21?. The third-order valence-electron chi connectivity index (χ3n) is 4.33. The SMILES string of the molecule is COc1ccc(C(=O)N=C2N=C(/C(C(=O)OC(C)C)=C(/C)O)c3ccccc32)cc1. The summed E-state index contributed by atoms with van der Waals surface area (Å²) in [6, 6.07) is 13.6. The second-order valence-electron chi connectivity index (χ2n) is 6.89. The molecular weight excluding hydrogens is 384 g/mol. The second kappa shape index (κ2) is 8.73. The Balaban J connectivity index is 2.04. The third kappa shape index (κ3) is 4.30. The van der Waals surface area contributed by atoms with Crippen LogP contribution in [0.2, 0.25) is 0 Å². The number of amidine groups is 1. The summed E-state index contributed by atoms with van der Waals surface area (Å²) in [5.74, 6) is -0.609. The summed E-state index contributed by atoms with van der Waals surface area (Å²) < 4.78 is 10.4. The number of fused-ring (bicyclic) bond motifs is 1. The highest BCUT2D eigenvalue weighted by Crippen LogP contribution is 2.26. The molecule has 30 heavy (non-hydrogen) atoms. The molecular formula is C23H22N2O5. The fraction of sp³-hybridized carbons (Fsp3) is 0.217. The van der Waals surface area contributed by atoms with Crippen LogP contribution in [0.5, 0.6) is 5.75 Å². The molecule has 0 aliphatic carbocycles. The minimum absolute atomic E-state index is 0.0572. The zero-order valence-electron chi connectivity index (χ0n) is 17.2. The van der Waals surface area contributed by atoms with Crippen LogP contribution in [0, 0.1) is 0 Å². The zero-order valence-corrected chi connectivity index (χ0v) is 17.2. The Morgan fingerprint density at radius 2 is 1.67 bits per heavy atom. The minimum Gasteiger partial charge on any atom is -0.512 e. The van der Waals surface area contributed by atoms with Crippen LogP contribution in [0.4, 0.5) is 0 Å². The minimum atomic E-state index is -0.693. The van der Waals surface area contributed by atoms with Gasteiger partial charge in [-0.05, 0) is 45.0 Å². The molecule has 2 aromatic rings. The number of hydrogen-bond donors (Lipinski definition) is 1. The first-order chi connectivity index (χ1) is 14.3. The second-order valence-corrected chi connectivity index (χ2v) is 6.89. The monoisotopic (exact) mass is 406 g/mol. The van der Waals surface area contributed by atoms with E-state index in [-0.39, 0.29) is 29.0 Å². The zero-order chi connectivity index (χ0) is 21.8. The molecule has 1 aliphatic rings. The average molecular weight is 406 g/mol. The van der Waals surface area contributed by atoms with Crippen LogP contribution in [0.15, 0.2) is 69.8 Å². The van der Waals surface area contributed by atoms with Gasteiger partial charge < -0.3 is 14.6 Å². The summed E-state index contributed by atoms with van der Waals surface area (Å²) in [5.41, 5.74) is 1.71. The molecule has 3 rings (SSSR count). The maximum atomic E-state index is 12.6. The molecule has 0 unspecified atom stereocenters. The van der Waals surface area contributed by atoms with E-state index in [1.165, 1.54) is 6.92 Å². The summed E-state index contributed by atoms with van der Waals surface area (Å²) in [6.45, 7) is 4.82. The summed E-state index contributed by atoms with van der Waals surface area (Å²) in [4.78, 5) is 33.8. The number of allylic oxidation sites excluding steroid dienone is 1. The van der Waals surface area contributed by atoms with Crippen LogP contribution in [0.25, 0.3) is 0 Å². The van der Waals surface area contributed by atoms with E-state index >= 15 is 0 Å². The molecule has 0 saturated carbocycles. The topological polar surface area (TPSA) is 97.6 Å². The molecule has 0 fully saturated rings. The largest absolute Gasteiger partial charge is 0.512 e. The number of esters is 1. The van der Waals surface area contributed by atoms with Gasteiger partial charge in [-0.2, -0.15) is 4.99 Å². The lowest BCUT2D eigenvalue weighted by Gasteiger charge is -2.12. The summed E-state index contributed by atoms with van der Waals surface area (Å²) in [5, 5.41) is 10.2. The molecule has 1 aliphatic heterocycles. The lowest BCUT2D eigenvalue weighted by atomic mass is 9.99. The quantitative estimate of drug-likeness (QED) is 0.462. The molecule has 1 N–H and O–H groups in total. The van der Waals surface area contributed by atoms with Crippen LogP contribution in [-0.4, -0.2) is 41.7 Å². The Bertz CT molecular complexity index is 1080. The van der Waals surface area contributed by atoms with E-state index in [1.807, 2.05) is 0 Å². The first-order valence-electron chi connectivity index (χ1n) is 9.38. The molecule has 1 heterocycles. The van der Waals surface area contributed by atoms with Gasteiger partial charge >= 0.3 is 5.97 Å². The highest BCUT2D eigenvalue weighted by Gasteiger charge is 2.31.